The Morgan fingerprint density at radius 3 is 2.29 bits per heavy atom. The van der Waals surface area contributed by atoms with Gasteiger partial charge in [0.05, 0.1) is 5.38 Å². The zero-order chi connectivity index (χ0) is 9.10. The van der Waals surface area contributed by atoms with Crippen LogP contribution in [0.2, 0.25) is 0 Å². The Labute approximate surface area is 96.5 Å². The van der Waals surface area contributed by atoms with Gasteiger partial charge in [-0.15, -0.1) is 11.6 Å². The molecule has 78 valence electrons. The first-order chi connectivity index (χ1) is 6.38. The molecule has 0 radical (unpaired) electrons. The quantitative estimate of drug-likeness (QED) is 0.462. The number of nitrogens with zero attached hydrogens (tertiary/aromatic N) is 1. The van der Waals surface area contributed by atoms with Crippen molar-refractivity contribution >= 4 is 11.6 Å². The van der Waals surface area contributed by atoms with Gasteiger partial charge in [0.1, 0.15) is 0 Å². The predicted octanol–water partition coefficient (Wildman–Crippen LogP) is -0.299. The molecule has 1 fully saturated rings. The van der Waals surface area contributed by atoms with E-state index in [2.05, 4.69) is 29.1 Å². The number of rotatable bonds is 1. The largest absolute Gasteiger partial charge is 1.00 e. The Balaban J connectivity index is 0.000000980. The van der Waals surface area contributed by atoms with Crippen molar-refractivity contribution in [3.63, 3.8) is 0 Å². The van der Waals surface area contributed by atoms with Crippen LogP contribution in [-0.2, 0) is 0 Å². The highest BCUT2D eigenvalue weighted by atomic mass is 35.5. The molecule has 0 amide bonds. The van der Waals surface area contributed by atoms with E-state index < -0.39 is 0 Å². The monoisotopic (exact) mass is 231 g/mol. The Hall–Kier alpha value is -0.270. The van der Waals surface area contributed by atoms with Crippen molar-refractivity contribution in [2.75, 3.05) is 0 Å². The molecule has 2 atom stereocenters. The normalized spacial score (nSPS) is 26.6. The van der Waals surface area contributed by atoms with Crippen LogP contribution in [0.5, 0.6) is 0 Å². The second-order valence-electron chi connectivity index (χ2n) is 3.69. The maximum Gasteiger partial charge on any atom is 0.174 e. The average molecular weight is 232 g/mol. The summed E-state index contributed by atoms with van der Waals surface area (Å²) in [4.78, 5) is 0. The first-order valence-corrected chi connectivity index (χ1v) is 5.41. The number of halogens is 2. The summed E-state index contributed by atoms with van der Waals surface area (Å²) >= 11 is 6.30. The first kappa shape index (κ1) is 11.8. The van der Waals surface area contributed by atoms with E-state index >= 15 is 0 Å². The molecule has 0 N–H and O–H groups in total. The summed E-state index contributed by atoms with van der Waals surface area (Å²) in [6.45, 7) is 0. The Morgan fingerprint density at radius 2 is 1.64 bits per heavy atom. The molecule has 1 aliphatic rings. The maximum absolute atomic E-state index is 6.30. The van der Waals surface area contributed by atoms with Crippen LogP contribution in [0.25, 0.3) is 0 Å². The molecule has 0 spiro atoms. The number of pyridine rings is 1. The van der Waals surface area contributed by atoms with E-state index in [1.165, 1.54) is 19.3 Å². The highest BCUT2D eigenvalue weighted by Gasteiger charge is 2.29. The second-order valence-corrected chi connectivity index (χ2v) is 4.25. The van der Waals surface area contributed by atoms with Crippen LogP contribution >= 0.6 is 11.6 Å². The third-order valence-corrected chi connectivity index (χ3v) is 3.28. The molecule has 1 aromatic rings. The predicted molar refractivity (Wildman–Crippen MR) is 53.8 cm³/mol. The van der Waals surface area contributed by atoms with Crippen LogP contribution in [0, 0.1) is 0 Å². The lowest BCUT2D eigenvalue weighted by Gasteiger charge is -2.22. The van der Waals surface area contributed by atoms with Gasteiger partial charge in [-0.1, -0.05) is 12.5 Å². The maximum atomic E-state index is 6.30. The molecule has 1 aliphatic carbocycles. The summed E-state index contributed by atoms with van der Waals surface area (Å²) in [7, 11) is 0. The van der Waals surface area contributed by atoms with Crippen LogP contribution < -0.4 is 17.0 Å². The fourth-order valence-electron chi connectivity index (χ4n) is 2.03. The topological polar surface area (TPSA) is 3.88 Å². The Kier molecular flexibility index (Phi) is 4.70. The van der Waals surface area contributed by atoms with Gasteiger partial charge < -0.3 is 12.4 Å². The van der Waals surface area contributed by atoms with Gasteiger partial charge in [-0.05, 0) is 12.8 Å². The molecule has 1 saturated carbocycles. The molecule has 0 aliphatic heterocycles. The molecule has 1 heterocycles. The second kappa shape index (κ2) is 5.57. The molecule has 0 aromatic carbocycles. The number of hydrogen-bond donors (Lipinski definition) is 0. The lowest BCUT2D eigenvalue weighted by molar-refractivity contribution is -0.724. The van der Waals surface area contributed by atoms with Crippen molar-refractivity contribution in [2.24, 2.45) is 0 Å². The molecular formula is C11H15Cl2N. The van der Waals surface area contributed by atoms with E-state index in [-0.39, 0.29) is 12.4 Å². The molecule has 0 saturated heterocycles. The van der Waals surface area contributed by atoms with Crippen LogP contribution in [0.15, 0.2) is 30.6 Å². The van der Waals surface area contributed by atoms with Crippen LogP contribution in [-0.4, -0.2) is 5.38 Å². The summed E-state index contributed by atoms with van der Waals surface area (Å²) < 4.78 is 2.25. The fourth-order valence-corrected chi connectivity index (χ4v) is 2.45. The van der Waals surface area contributed by atoms with Gasteiger partial charge in [0.25, 0.3) is 0 Å². The molecule has 1 nitrogen and oxygen atoms in total. The zero-order valence-electron chi connectivity index (χ0n) is 8.07. The van der Waals surface area contributed by atoms with Crippen molar-refractivity contribution in [3.05, 3.63) is 30.6 Å². The van der Waals surface area contributed by atoms with Gasteiger partial charge in [-0.2, -0.15) is 0 Å². The van der Waals surface area contributed by atoms with Gasteiger partial charge in [0.2, 0.25) is 0 Å². The van der Waals surface area contributed by atoms with E-state index in [0.29, 0.717) is 11.4 Å². The van der Waals surface area contributed by atoms with Gasteiger partial charge in [0.15, 0.2) is 18.4 Å². The number of hydrogen-bond acceptors (Lipinski definition) is 0. The molecule has 3 heteroatoms. The summed E-state index contributed by atoms with van der Waals surface area (Å²) in [5.74, 6) is 0. The van der Waals surface area contributed by atoms with E-state index in [1.54, 1.807) is 0 Å². The SMILES string of the molecule is ClC1CCCCC1[n+]1ccccc1.[Cl-]. The minimum absolute atomic E-state index is 0. The number of alkyl halides is 1. The summed E-state index contributed by atoms with van der Waals surface area (Å²) in [5, 5.41) is 0.321. The van der Waals surface area contributed by atoms with Crippen molar-refractivity contribution < 1.29 is 17.0 Å². The molecule has 14 heavy (non-hydrogen) atoms. The summed E-state index contributed by atoms with van der Waals surface area (Å²) in [5.41, 5.74) is 0. The van der Waals surface area contributed by atoms with Crippen molar-refractivity contribution in [2.45, 2.75) is 37.1 Å². The van der Waals surface area contributed by atoms with E-state index in [1.807, 2.05) is 6.07 Å². The molecule has 0 bridgehead atoms. The third kappa shape index (κ3) is 2.61. The standard InChI is InChI=1S/C11H15ClN.ClH/c12-10-6-2-3-7-11(10)13-8-4-1-5-9-13;/h1,4-5,8-11H,2-3,6-7H2;1H/q+1;/p-1. The van der Waals surface area contributed by atoms with E-state index in [0.717, 1.165) is 6.42 Å². The smallest absolute Gasteiger partial charge is 0.174 e. The van der Waals surface area contributed by atoms with Crippen molar-refractivity contribution in [3.8, 4) is 0 Å². The molecule has 2 unspecified atom stereocenters. The summed E-state index contributed by atoms with van der Waals surface area (Å²) in [6.07, 6.45) is 9.22. The van der Waals surface area contributed by atoms with Gasteiger partial charge in [-0.3, -0.25) is 0 Å². The fraction of sp³-hybridized carbons (Fsp3) is 0.545. The molecular weight excluding hydrogens is 217 g/mol. The number of aromatic nitrogens is 1. The molecule has 1 aromatic heterocycles. The van der Waals surface area contributed by atoms with E-state index in [4.69, 9.17) is 11.6 Å². The zero-order valence-corrected chi connectivity index (χ0v) is 9.58. The van der Waals surface area contributed by atoms with Crippen LogP contribution in [0.1, 0.15) is 31.7 Å². The van der Waals surface area contributed by atoms with Crippen LogP contribution in [0.4, 0.5) is 0 Å². The third-order valence-electron chi connectivity index (χ3n) is 2.77. The lowest BCUT2D eigenvalue weighted by atomic mass is 9.94. The minimum atomic E-state index is 0. The van der Waals surface area contributed by atoms with E-state index in [9.17, 15) is 0 Å². The van der Waals surface area contributed by atoms with Gasteiger partial charge in [0, 0.05) is 18.6 Å². The van der Waals surface area contributed by atoms with Crippen molar-refractivity contribution in [1.82, 2.24) is 0 Å². The Morgan fingerprint density at radius 1 is 1.00 bits per heavy atom. The lowest BCUT2D eigenvalue weighted by Crippen LogP contribution is -3.00. The Bertz CT molecular complexity index is 263. The van der Waals surface area contributed by atoms with Crippen LogP contribution in [0.3, 0.4) is 0 Å². The summed E-state index contributed by atoms with van der Waals surface area (Å²) in [6, 6.07) is 6.69. The highest BCUT2D eigenvalue weighted by molar-refractivity contribution is 6.20. The minimum Gasteiger partial charge on any atom is -1.00 e. The molecule has 2 rings (SSSR count). The van der Waals surface area contributed by atoms with Gasteiger partial charge in [-0.25, -0.2) is 4.57 Å². The van der Waals surface area contributed by atoms with Crippen molar-refractivity contribution in [1.29, 1.82) is 0 Å². The first-order valence-electron chi connectivity index (χ1n) is 4.98. The van der Waals surface area contributed by atoms with Gasteiger partial charge >= 0.3 is 0 Å². The average Bonchev–Trinajstić information content (AvgIpc) is 2.20. The highest BCUT2D eigenvalue weighted by Crippen LogP contribution is 2.28.